The first-order valence-electron chi connectivity index (χ1n) is 6.77. The average Bonchev–Trinajstić information content (AvgIpc) is 2.47. The largest absolute Gasteiger partial charge is 0.324 e. The predicted octanol–water partition coefficient (Wildman–Crippen LogP) is 2.27. The lowest BCUT2D eigenvalue weighted by Crippen LogP contribution is -2.53. The molecule has 1 amide bonds. The fourth-order valence-corrected chi connectivity index (χ4v) is 2.67. The molecule has 1 aromatic carbocycles. The summed E-state index contributed by atoms with van der Waals surface area (Å²) in [6.07, 6.45) is 0.444. The molecule has 0 aliphatic carbocycles. The monoisotopic (exact) mass is 335 g/mol. The average molecular weight is 336 g/mol. The zero-order chi connectivity index (χ0) is 14.5. The number of carbonyl (C=O) groups excluding carboxylic acids is 1. The molecule has 1 aromatic rings. The van der Waals surface area contributed by atoms with Crippen molar-refractivity contribution in [3.63, 3.8) is 0 Å². The Balaban J connectivity index is 2.00. The van der Waals surface area contributed by atoms with E-state index in [9.17, 15) is 4.79 Å². The highest BCUT2D eigenvalue weighted by atomic mass is 79.9. The lowest BCUT2D eigenvalue weighted by atomic mass is 9.97. The zero-order valence-corrected chi connectivity index (χ0v) is 13.1. The second-order valence-electron chi connectivity index (χ2n) is 5.09. The highest BCUT2D eigenvalue weighted by Gasteiger charge is 2.27. The molecule has 0 radical (unpaired) electrons. The number of nitriles is 1. The molecule has 2 unspecified atom stereocenters. The fraction of sp³-hybridized carbons (Fsp3) is 0.467. The summed E-state index contributed by atoms with van der Waals surface area (Å²) in [5, 5.41) is 12.2. The highest BCUT2D eigenvalue weighted by molar-refractivity contribution is 9.10. The number of benzene rings is 1. The molecule has 0 aromatic heterocycles. The van der Waals surface area contributed by atoms with Crippen LogP contribution in [-0.2, 0) is 4.79 Å². The van der Waals surface area contributed by atoms with Gasteiger partial charge in [0.05, 0.1) is 6.07 Å². The van der Waals surface area contributed by atoms with Gasteiger partial charge in [-0.05, 0) is 23.6 Å². The number of rotatable bonds is 3. The third-order valence-corrected chi connectivity index (χ3v) is 4.16. The van der Waals surface area contributed by atoms with E-state index in [-0.39, 0.29) is 17.9 Å². The van der Waals surface area contributed by atoms with E-state index in [2.05, 4.69) is 27.3 Å². The Hall–Kier alpha value is -1.38. The van der Waals surface area contributed by atoms with Gasteiger partial charge in [-0.2, -0.15) is 5.26 Å². The van der Waals surface area contributed by atoms with E-state index in [1.54, 1.807) is 4.90 Å². The predicted molar refractivity (Wildman–Crippen MR) is 81.2 cm³/mol. The molecule has 2 atom stereocenters. The number of piperazine rings is 1. The molecule has 1 aliphatic heterocycles. The Labute approximate surface area is 127 Å². The first-order valence-corrected chi connectivity index (χ1v) is 7.56. The molecular weight excluding hydrogens is 318 g/mol. The van der Waals surface area contributed by atoms with Crippen molar-refractivity contribution in [2.45, 2.75) is 25.3 Å². The molecule has 0 spiro atoms. The lowest BCUT2D eigenvalue weighted by molar-refractivity contribution is -0.133. The van der Waals surface area contributed by atoms with Gasteiger partial charge in [-0.3, -0.25) is 4.79 Å². The van der Waals surface area contributed by atoms with E-state index < -0.39 is 0 Å². The van der Waals surface area contributed by atoms with Crippen LogP contribution in [-0.4, -0.2) is 36.5 Å². The van der Waals surface area contributed by atoms with E-state index in [1.807, 2.05) is 31.2 Å². The molecule has 0 saturated carbocycles. The maximum Gasteiger partial charge on any atom is 0.224 e. The zero-order valence-electron chi connectivity index (χ0n) is 11.5. The minimum absolute atomic E-state index is 0.0634. The lowest BCUT2D eigenvalue weighted by Gasteiger charge is -2.32. The molecule has 1 fully saturated rings. The van der Waals surface area contributed by atoms with E-state index in [0.717, 1.165) is 16.6 Å². The van der Waals surface area contributed by atoms with Crippen LogP contribution in [0.25, 0.3) is 0 Å². The number of carbonyl (C=O) groups is 1. The SMILES string of the molecule is CC(CC(=O)N1CCNCC1C#N)c1ccc(Br)cc1. The third-order valence-electron chi connectivity index (χ3n) is 3.63. The molecule has 2 rings (SSSR count). The van der Waals surface area contributed by atoms with Crippen molar-refractivity contribution in [1.29, 1.82) is 5.26 Å². The molecule has 1 saturated heterocycles. The summed E-state index contributed by atoms with van der Waals surface area (Å²) in [5.74, 6) is 0.221. The highest BCUT2D eigenvalue weighted by Crippen LogP contribution is 2.22. The second kappa shape index (κ2) is 6.87. The van der Waals surface area contributed by atoms with Crippen molar-refractivity contribution in [2.24, 2.45) is 0 Å². The van der Waals surface area contributed by atoms with Gasteiger partial charge in [-0.25, -0.2) is 0 Å². The molecule has 106 valence electrons. The topological polar surface area (TPSA) is 56.1 Å². The summed E-state index contributed by atoms with van der Waals surface area (Å²) >= 11 is 3.41. The van der Waals surface area contributed by atoms with Crippen LogP contribution in [0.1, 0.15) is 24.8 Å². The Kier molecular flexibility index (Phi) is 5.16. The van der Waals surface area contributed by atoms with Crippen LogP contribution >= 0.6 is 15.9 Å². The van der Waals surface area contributed by atoms with Crippen LogP contribution in [0.2, 0.25) is 0 Å². The van der Waals surface area contributed by atoms with Crippen molar-refractivity contribution in [1.82, 2.24) is 10.2 Å². The number of amides is 1. The van der Waals surface area contributed by atoms with E-state index in [0.29, 0.717) is 19.5 Å². The van der Waals surface area contributed by atoms with Crippen LogP contribution in [0.5, 0.6) is 0 Å². The molecule has 0 bridgehead atoms. The quantitative estimate of drug-likeness (QED) is 0.921. The molecule has 1 N–H and O–H groups in total. The van der Waals surface area contributed by atoms with E-state index in [1.165, 1.54) is 0 Å². The minimum Gasteiger partial charge on any atom is -0.324 e. The van der Waals surface area contributed by atoms with Gasteiger partial charge in [0.25, 0.3) is 0 Å². The van der Waals surface area contributed by atoms with Gasteiger partial charge in [-0.15, -0.1) is 0 Å². The van der Waals surface area contributed by atoms with Crippen LogP contribution in [0.4, 0.5) is 0 Å². The number of halogens is 1. The number of nitrogens with zero attached hydrogens (tertiary/aromatic N) is 2. The van der Waals surface area contributed by atoms with Gasteiger partial charge >= 0.3 is 0 Å². The minimum atomic E-state index is -0.339. The standard InChI is InChI=1S/C15H18BrN3O/c1-11(12-2-4-13(16)5-3-12)8-15(20)19-7-6-18-10-14(19)9-17/h2-5,11,14,18H,6-8,10H2,1H3. The van der Waals surface area contributed by atoms with E-state index >= 15 is 0 Å². The Bertz CT molecular complexity index is 509. The van der Waals surface area contributed by atoms with Crippen molar-refractivity contribution in [3.8, 4) is 6.07 Å². The van der Waals surface area contributed by atoms with Crippen molar-refractivity contribution >= 4 is 21.8 Å². The first kappa shape index (κ1) is 15.0. The maximum absolute atomic E-state index is 12.4. The number of hydrogen-bond donors (Lipinski definition) is 1. The van der Waals surface area contributed by atoms with E-state index in [4.69, 9.17) is 5.26 Å². The van der Waals surface area contributed by atoms with Gasteiger partial charge in [0, 0.05) is 30.5 Å². The summed E-state index contributed by atoms with van der Waals surface area (Å²) in [7, 11) is 0. The molecule has 5 heteroatoms. The summed E-state index contributed by atoms with van der Waals surface area (Å²) in [4.78, 5) is 14.1. The van der Waals surface area contributed by atoms with Gasteiger partial charge < -0.3 is 10.2 Å². The third kappa shape index (κ3) is 3.59. The Morgan fingerprint density at radius 1 is 1.55 bits per heavy atom. The van der Waals surface area contributed by atoms with Crippen LogP contribution in [0, 0.1) is 11.3 Å². The molecular formula is C15H18BrN3O. The van der Waals surface area contributed by atoms with Crippen molar-refractivity contribution < 1.29 is 4.79 Å². The van der Waals surface area contributed by atoms with Gasteiger partial charge in [0.2, 0.25) is 5.91 Å². The molecule has 20 heavy (non-hydrogen) atoms. The van der Waals surface area contributed by atoms with Crippen LogP contribution in [0.15, 0.2) is 28.7 Å². The molecule has 4 nitrogen and oxygen atoms in total. The van der Waals surface area contributed by atoms with Crippen LogP contribution in [0.3, 0.4) is 0 Å². The smallest absolute Gasteiger partial charge is 0.224 e. The Morgan fingerprint density at radius 2 is 2.25 bits per heavy atom. The summed E-state index contributed by atoms with van der Waals surface area (Å²) in [6, 6.07) is 9.88. The second-order valence-corrected chi connectivity index (χ2v) is 6.01. The van der Waals surface area contributed by atoms with Crippen molar-refractivity contribution in [2.75, 3.05) is 19.6 Å². The normalized spacial score (nSPS) is 20.2. The van der Waals surface area contributed by atoms with Gasteiger partial charge in [0.1, 0.15) is 6.04 Å². The number of hydrogen-bond acceptors (Lipinski definition) is 3. The molecule has 1 aliphatic rings. The summed E-state index contributed by atoms with van der Waals surface area (Å²) in [5.41, 5.74) is 1.14. The van der Waals surface area contributed by atoms with Crippen LogP contribution < -0.4 is 5.32 Å². The van der Waals surface area contributed by atoms with Gasteiger partial charge in [0.15, 0.2) is 0 Å². The first-order chi connectivity index (χ1) is 9.61. The Morgan fingerprint density at radius 3 is 2.90 bits per heavy atom. The summed E-state index contributed by atoms with van der Waals surface area (Å²) < 4.78 is 1.03. The fourth-order valence-electron chi connectivity index (χ4n) is 2.41. The van der Waals surface area contributed by atoms with Crippen molar-refractivity contribution in [3.05, 3.63) is 34.3 Å². The summed E-state index contributed by atoms with van der Waals surface area (Å²) in [6.45, 7) is 3.99. The van der Waals surface area contributed by atoms with Gasteiger partial charge in [-0.1, -0.05) is 35.0 Å². The maximum atomic E-state index is 12.4. The number of nitrogens with one attached hydrogen (secondary N) is 1. The molecule has 1 heterocycles.